The smallest absolute Gasteiger partial charge is 0.241 e. The molecule has 158 valence electrons. The lowest BCUT2D eigenvalue weighted by atomic mass is 10.1. The van der Waals surface area contributed by atoms with Crippen LogP contribution in [0.4, 0.5) is 28.7 Å². The Morgan fingerprint density at radius 3 is 2.58 bits per heavy atom. The molecule has 0 spiro atoms. The third-order valence-electron chi connectivity index (χ3n) is 4.38. The van der Waals surface area contributed by atoms with Gasteiger partial charge in [-0.25, -0.2) is 15.0 Å². The molecule has 9 nitrogen and oxygen atoms in total. The first-order valence-electron chi connectivity index (χ1n) is 9.71. The van der Waals surface area contributed by atoms with Crippen LogP contribution in [0.2, 0.25) is 0 Å². The zero-order valence-electron chi connectivity index (χ0n) is 16.9. The van der Waals surface area contributed by atoms with Gasteiger partial charge in [-0.2, -0.15) is 0 Å². The summed E-state index contributed by atoms with van der Waals surface area (Å²) in [6, 6.07) is 10.4. The lowest BCUT2D eigenvalue weighted by Gasteiger charge is -2.14. The van der Waals surface area contributed by atoms with Crippen molar-refractivity contribution in [2.75, 3.05) is 28.2 Å². The molecular formula is C22H24N8O. The van der Waals surface area contributed by atoms with Crippen LogP contribution in [0.3, 0.4) is 0 Å². The summed E-state index contributed by atoms with van der Waals surface area (Å²) < 4.78 is 0. The Labute approximate surface area is 180 Å². The Hall–Kier alpha value is -4.16. The highest BCUT2D eigenvalue weighted by molar-refractivity contribution is 5.94. The molecule has 0 fully saturated rings. The minimum atomic E-state index is -0.599. The van der Waals surface area contributed by atoms with Gasteiger partial charge in [-0.3, -0.25) is 4.79 Å². The van der Waals surface area contributed by atoms with E-state index in [0.29, 0.717) is 48.1 Å². The maximum atomic E-state index is 12.2. The van der Waals surface area contributed by atoms with Gasteiger partial charge >= 0.3 is 0 Å². The van der Waals surface area contributed by atoms with E-state index in [1.165, 1.54) is 12.4 Å². The molecule has 2 aromatic heterocycles. The van der Waals surface area contributed by atoms with E-state index in [9.17, 15) is 4.79 Å². The molecule has 1 aromatic carbocycles. The molecule has 2 heterocycles. The Morgan fingerprint density at radius 1 is 1.10 bits per heavy atom. The summed E-state index contributed by atoms with van der Waals surface area (Å²) in [5.41, 5.74) is 14.4. The van der Waals surface area contributed by atoms with Crippen LogP contribution in [0.25, 0.3) is 0 Å². The van der Waals surface area contributed by atoms with Gasteiger partial charge in [0.15, 0.2) is 0 Å². The molecule has 1 unspecified atom stereocenters. The highest BCUT2D eigenvalue weighted by Crippen LogP contribution is 2.22. The van der Waals surface area contributed by atoms with Crippen molar-refractivity contribution in [3.63, 3.8) is 0 Å². The number of rotatable bonds is 9. The minimum Gasteiger partial charge on any atom is -0.396 e. The molecule has 31 heavy (non-hydrogen) atoms. The predicted octanol–water partition coefficient (Wildman–Crippen LogP) is 2.34. The van der Waals surface area contributed by atoms with Crippen molar-refractivity contribution in [1.29, 1.82) is 0 Å². The van der Waals surface area contributed by atoms with E-state index in [0.717, 1.165) is 5.69 Å². The Bertz CT molecular complexity index is 1050. The van der Waals surface area contributed by atoms with Gasteiger partial charge in [-0.15, -0.1) is 6.42 Å². The number of anilines is 5. The number of amides is 1. The van der Waals surface area contributed by atoms with Crippen molar-refractivity contribution < 1.29 is 4.79 Å². The zero-order chi connectivity index (χ0) is 22.1. The van der Waals surface area contributed by atoms with E-state index in [4.69, 9.17) is 17.9 Å². The van der Waals surface area contributed by atoms with Crippen molar-refractivity contribution in [3.05, 3.63) is 60.7 Å². The van der Waals surface area contributed by atoms with Gasteiger partial charge in [0.05, 0.1) is 36.0 Å². The van der Waals surface area contributed by atoms with Crippen LogP contribution in [0.1, 0.15) is 18.5 Å². The summed E-state index contributed by atoms with van der Waals surface area (Å²) in [7, 11) is 0. The summed E-state index contributed by atoms with van der Waals surface area (Å²) in [5.74, 6) is 3.27. The highest BCUT2D eigenvalue weighted by Gasteiger charge is 2.13. The molecule has 3 aromatic rings. The van der Waals surface area contributed by atoms with Gasteiger partial charge in [-0.1, -0.05) is 18.2 Å². The van der Waals surface area contributed by atoms with Crippen LogP contribution >= 0.6 is 0 Å². The summed E-state index contributed by atoms with van der Waals surface area (Å²) in [5, 5.41) is 9.10. The molecule has 0 aliphatic rings. The Kier molecular flexibility index (Phi) is 7.35. The molecule has 0 bridgehead atoms. The third kappa shape index (κ3) is 6.42. The van der Waals surface area contributed by atoms with E-state index in [1.807, 2.05) is 30.3 Å². The normalized spacial score (nSPS) is 11.2. The number of terminal acetylenes is 1. The number of aromatic nitrogens is 3. The average Bonchev–Trinajstić information content (AvgIpc) is 2.79. The van der Waals surface area contributed by atoms with Crippen molar-refractivity contribution in [1.82, 2.24) is 15.0 Å². The highest BCUT2D eigenvalue weighted by atomic mass is 16.2. The van der Waals surface area contributed by atoms with Gasteiger partial charge in [0.25, 0.3) is 0 Å². The van der Waals surface area contributed by atoms with Crippen molar-refractivity contribution in [2.45, 2.75) is 18.9 Å². The van der Waals surface area contributed by atoms with E-state index in [-0.39, 0.29) is 5.91 Å². The largest absolute Gasteiger partial charge is 0.396 e. The summed E-state index contributed by atoms with van der Waals surface area (Å²) in [6.07, 6.45) is 11.1. The first kappa shape index (κ1) is 21.5. The fourth-order valence-electron chi connectivity index (χ4n) is 2.72. The standard InChI is InChI=1S/C22H24N8O/c1-2-15-12-27-21(14-26-15)30-20-11-19(18(24)13-28-20)25-10-6-9-17(23)22(31)29-16-7-4-3-5-8-16/h1,3-5,7-8,11-14,17H,6,9-10,23-24H2,(H,29,31)(H2,25,27,28,30). The quantitative estimate of drug-likeness (QED) is 0.264. The van der Waals surface area contributed by atoms with Crippen molar-refractivity contribution >= 4 is 34.6 Å². The number of nitrogens with zero attached hydrogens (tertiary/aromatic N) is 3. The lowest BCUT2D eigenvalue weighted by Crippen LogP contribution is -2.35. The molecular weight excluding hydrogens is 392 g/mol. The van der Waals surface area contributed by atoms with Gasteiger partial charge in [-0.05, 0) is 30.9 Å². The zero-order valence-corrected chi connectivity index (χ0v) is 16.9. The van der Waals surface area contributed by atoms with Gasteiger partial charge in [0.1, 0.15) is 17.3 Å². The molecule has 7 N–H and O–H groups in total. The Morgan fingerprint density at radius 2 is 1.87 bits per heavy atom. The molecule has 1 atom stereocenters. The number of benzene rings is 1. The molecule has 9 heteroatoms. The van der Waals surface area contributed by atoms with Crippen molar-refractivity contribution in [2.24, 2.45) is 5.73 Å². The van der Waals surface area contributed by atoms with E-state index >= 15 is 0 Å². The number of nitrogen functional groups attached to an aromatic ring is 1. The number of nitrogens with one attached hydrogen (secondary N) is 3. The van der Waals surface area contributed by atoms with Crippen LogP contribution in [0, 0.1) is 12.3 Å². The summed E-state index contributed by atoms with van der Waals surface area (Å²) >= 11 is 0. The second kappa shape index (κ2) is 10.6. The molecule has 0 saturated carbocycles. The van der Waals surface area contributed by atoms with Gasteiger partial charge < -0.3 is 27.4 Å². The maximum Gasteiger partial charge on any atom is 0.241 e. The maximum absolute atomic E-state index is 12.2. The topological polar surface area (TPSA) is 144 Å². The first-order chi connectivity index (χ1) is 15.0. The number of carbonyl (C=O) groups is 1. The molecule has 0 aliphatic carbocycles. The summed E-state index contributed by atoms with van der Waals surface area (Å²) in [6.45, 7) is 0.594. The predicted molar refractivity (Wildman–Crippen MR) is 123 cm³/mol. The SMILES string of the molecule is C#Cc1cnc(Nc2cc(NCCCC(N)C(=O)Nc3ccccc3)c(N)cn2)cn1. The molecule has 3 rings (SSSR count). The fraction of sp³-hybridized carbons (Fsp3) is 0.182. The van der Waals surface area contributed by atoms with Crippen LogP contribution in [0.5, 0.6) is 0 Å². The number of nitrogens with two attached hydrogens (primary N) is 2. The number of pyridine rings is 1. The van der Waals surface area contributed by atoms with Crippen LogP contribution in [0.15, 0.2) is 55.0 Å². The monoisotopic (exact) mass is 416 g/mol. The molecule has 0 radical (unpaired) electrons. The van der Waals surface area contributed by atoms with Gasteiger partial charge in [0, 0.05) is 18.3 Å². The molecule has 1 amide bonds. The minimum absolute atomic E-state index is 0.210. The van der Waals surface area contributed by atoms with Crippen LogP contribution < -0.4 is 27.4 Å². The fourth-order valence-corrected chi connectivity index (χ4v) is 2.72. The first-order valence-corrected chi connectivity index (χ1v) is 9.71. The number of hydrogen-bond donors (Lipinski definition) is 5. The van der Waals surface area contributed by atoms with Crippen molar-refractivity contribution in [3.8, 4) is 12.3 Å². The third-order valence-corrected chi connectivity index (χ3v) is 4.38. The Balaban J connectivity index is 1.48. The lowest BCUT2D eigenvalue weighted by molar-refractivity contribution is -0.117. The second-order valence-electron chi connectivity index (χ2n) is 6.74. The van der Waals surface area contributed by atoms with E-state index in [1.54, 1.807) is 12.3 Å². The average molecular weight is 416 g/mol. The van der Waals surface area contributed by atoms with E-state index in [2.05, 4.69) is 36.8 Å². The number of hydrogen-bond acceptors (Lipinski definition) is 8. The summed E-state index contributed by atoms with van der Waals surface area (Å²) in [4.78, 5) is 24.7. The number of carbonyl (C=O) groups excluding carboxylic acids is 1. The van der Waals surface area contributed by atoms with Crippen LogP contribution in [-0.2, 0) is 4.79 Å². The second-order valence-corrected chi connectivity index (χ2v) is 6.74. The number of para-hydroxylation sites is 1. The molecule has 0 saturated heterocycles. The molecule has 0 aliphatic heterocycles. The van der Waals surface area contributed by atoms with Crippen LogP contribution in [-0.4, -0.2) is 33.4 Å². The van der Waals surface area contributed by atoms with E-state index < -0.39 is 6.04 Å². The van der Waals surface area contributed by atoms with Gasteiger partial charge in [0.2, 0.25) is 5.91 Å².